The van der Waals surface area contributed by atoms with Crippen molar-refractivity contribution in [3.05, 3.63) is 5.89 Å². The van der Waals surface area contributed by atoms with Crippen LogP contribution in [0.4, 0.5) is 5.95 Å². The second-order valence-corrected chi connectivity index (χ2v) is 4.35. The van der Waals surface area contributed by atoms with Crippen molar-refractivity contribution in [1.29, 1.82) is 0 Å². The van der Waals surface area contributed by atoms with E-state index >= 15 is 0 Å². The predicted molar refractivity (Wildman–Crippen MR) is 62.2 cm³/mol. The van der Waals surface area contributed by atoms with Crippen molar-refractivity contribution in [3.63, 3.8) is 0 Å². The van der Waals surface area contributed by atoms with Crippen molar-refractivity contribution in [2.75, 3.05) is 18.0 Å². The van der Waals surface area contributed by atoms with Crippen LogP contribution in [0.25, 0.3) is 0 Å². The number of nitrogens with two attached hydrogens (primary N) is 1. The molecule has 5 nitrogen and oxygen atoms in total. The lowest BCUT2D eigenvalue weighted by molar-refractivity contribution is 0.351. The molecule has 1 fully saturated rings. The molecule has 1 aromatic heterocycles. The van der Waals surface area contributed by atoms with Crippen LogP contribution in [-0.4, -0.2) is 23.2 Å². The Labute approximate surface area is 96.0 Å². The molecular formula is C11H20N4O. The van der Waals surface area contributed by atoms with E-state index in [1.165, 1.54) is 25.7 Å². The molecule has 0 amide bonds. The van der Waals surface area contributed by atoms with E-state index in [2.05, 4.69) is 15.0 Å². The van der Waals surface area contributed by atoms with Crippen LogP contribution >= 0.6 is 0 Å². The average Bonchev–Trinajstić information content (AvgIpc) is 2.64. The summed E-state index contributed by atoms with van der Waals surface area (Å²) in [6.07, 6.45) is 5.85. The molecular weight excluding hydrogens is 204 g/mol. The normalized spacial score (nSPS) is 19.5. The van der Waals surface area contributed by atoms with E-state index in [9.17, 15) is 0 Å². The number of anilines is 1. The summed E-state index contributed by atoms with van der Waals surface area (Å²) in [5, 5.41) is 4.01. The molecule has 5 heteroatoms. The molecule has 1 saturated heterocycles. The lowest BCUT2D eigenvalue weighted by Gasteiger charge is -2.16. The number of hydrogen-bond acceptors (Lipinski definition) is 5. The highest BCUT2D eigenvalue weighted by atomic mass is 16.5. The minimum atomic E-state index is -0.131. The Morgan fingerprint density at radius 1 is 1.31 bits per heavy atom. The first-order valence-corrected chi connectivity index (χ1v) is 6.15. The molecule has 1 aromatic rings. The van der Waals surface area contributed by atoms with Crippen molar-refractivity contribution < 1.29 is 4.52 Å². The minimum Gasteiger partial charge on any atom is -0.338 e. The third-order valence-corrected chi connectivity index (χ3v) is 3.08. The molecule has 16 heavy (non-hydrogen) atoms. The van der Waals surface area contributed by atoms with Gasteiger partial charge in [-0.1, -0.05) is 19.8 Å². The molecule has 0 aliphatic carbocycles. The summed E-state index contributed by atoms with van der Waals surface area (Å²) in [4.78, 5) is 6.57. The summed E-state index contributed by atoms with van der Waals surface area (Å²) in [6, 6.07) is -0.131. The van der Waals surface area contributed by atoms with E-state index in [4.69, 9.17) is 10.3 Å². The lowest BCUT2D eigenvalue weighted by atomic mass is 10.2. The summed E-state index contributed by atoms with van der Waals surface area (Å²) in [5.41, 5.74) is 5.85. The van der Waals surface area contributed by atoms with Gasteiger partial charge in [0, 0.05) is 13.1 Å². The first-order valence-electron chi connectivity index (χ1n) is 6.15. The van der Waals surface area contributed by atoms with Crippen LogP contribution in [0, 0.1) is 0 Å². The fraction of sp³-hybridized carbons (Fsp3) is 0.818. The Kier molecular flexibility index (Phi) is 3.77. The van der Waals surface area contributed by atoms with Crippen molar-refractivity contribution in [2.45, 2.75) is 45.1 Å². The summed E-state index contributed by atoms with van der Waals surface area (Å²) in [5.74, 6) is 1.27. The Balaban J connectivity index is 2.05. The second kappa shape index (κ2) is 5.30. The van der Waals surface area contributed by atoms with Crippen molar-refractivity contribution in [1.82, 2.24) is 10.1 Å². The molecule has 0 spiro atoms. The zero-order valence-electron chi connectivity index (χ0n) is 9.85. The largest absolute Gasteiger partial charge is 0.338 e. The molecule has 1 atom stereocenters. The quantitative estimate of drug-likeness (QED) is 0.848. The Morgan fingerprint density at radius 3 is 2.62 bits per heavy atom. The maximum atomic E-state index is 5.85. The van der Waals surface area contributed by atoms with Gasteiger partial charge in [-0.3, -0.25) is 0 Å². The van der Waals surface area contributed by atoms with Gasteiger partial charge in [0.25, 0.3) is 5.95 Å². The van der Waals surface area contributed by atoms with Crippen LogP contribution in [0.3, 0.4) is 0 Å². The van der Waals surface area contributed by atoms with Crippen LogP contribution < -0.4 is 10.6 Å². The van der Waals surface area contributed by atoms with Gasteiger partial charge in [0.15, 0.2) is 0 Å². The smallest absolute Gasteiger partial charge is 0.266 e. The molecule has 1 aliphatic rings. The Morgan fingerprint density at radius 2 is 2.00 bits per heavy atom. The summed E-state index contributed by atoms with van der Waals surface area (Å²) < 4.78 is 5.18. The Hall–Kier alpha value is -1.10. The lowest BCUT2D eigenvalue weighted by Crippen LogP contribution is -2.25. The molecule has 0 bridgehead atoms. The third-order valence-electron chi connectivity index (χ3n) is 3.08. The first kappa shape index (κ1) is 11.4. The van der Waals surface area contributed by atoms with Crippen LogP contribution in [0.2, 0.25) is 0 Å². The van der Waals surface area contributed by atoms with Gasteiger partial charge in [-0.15, -0.1) is 0 Å². The van der Waals surface area contributed by atoms with E-state index in [0.717, 1.165) is 19.5 Å². The summed E-state index contributed by atoms with van der Waals surface area (Å²) >= 11 is 0. The van der Waals surface area contributed by atoms with Crippen LogP contribution in [0.5, 0.6) is 0 Å². The van der Waals surface area contributed by atoms with E-state index in [-0.39, 0.29) is 6.04 Å². The maximum Gasteiger partial charge on any atom is 0.266 e. The maximum absolute atomic E-state index is 5.85. The van der Waals surface area contributed by atoms with E-state index in [0.29, 0.717) is 11.8 Å². The van der Waals surface area contributed by atoms with E-state index < -0.39 is 0 Å². The van der Waals surface area contributed by atoms with Crippen LogP contribution in [-0.2, 0) is 0 Å². The van der Waals surface area contributed by atoms with Gasteiger partial charge in [-0.2, -0.15) is 4.98 Å². The van der Waals surface area contributed by atoms with Gasteiger partial charge >= 0.3 is 0 Å². The number of aromatic nitrogens is 2. The predicted octanol–water partition coefficient (Wildman–Crippen LogP) is 1.86. The van der Waals surface area contributed by atoms with Gasteiger partial charge in [0.1, 0.15) is 0 Å². The highest BCUT2D eigenvalue weighted by Gasteiger charge is 2.18. The number of nitrogens with zero attached hydrogens (tertiary/aromatic N) is 3. The second-order valence-electron chi connectivity index (χ2n) is 4.35. The van der Waals surface area contributed by atoms with Gasteiger partial charge < -0.3 is 15.2 Å². The fourth-order valence-electron chi connectivity index (χ4n) is 1.95. The van der Waals surface area contributed by atoms with Crippen molar-refractivity contribution in [2.24, 2.45) is 5.73 Å². The topological polar surface area (TPSA) is 68.2 Å². The summed E-state index contributed by atoms with van der Waals surface area (Å²) in [7, 11) is 0. The highest BCUT2D eigenvalue weighted by Crippen LogP contribution is 2.19. The molecule has 90 valence electrons. The number of rotatable bonds is 3. The van der Waals surface area contributed by atoms with E-state index in [1.54, 1.807) is 0 Å². The molecule has 2 N–H and O–H groups in total. The van der Waals surface area contributed by atoms with Gasteiger partial charge in [-0.25, -0.2) is 0 Å². The summed E-state index contributed by atoms with van der Waals surface area (Å²) in [6.45, 7) is 4.07. The number of hydrogen-bond donors (Lipinski definition) is 1. The molecule has 0 radical (unpaired) electrons. The average molecular weight is 224 g/mol. The molecule has 1 aliphatic heterocycles. The van der Waals surface area contributed by atoms with E-state index in [1.807, 2.05) is 6.92 Å². The Bertz CT molecular complexity index is 318. The van der Waals surface area contributed by atoms with Gasteiger partial charge in [0.05, 0.1) is 6.04 Å². The van der Waals surface area contributed by atoms with Crippen molar-refractivity contribution in [3.8, 4) is 0 Å². The van der Waals surface area contributed by atoms with Gasteiger partial charge in [-0.05, 0) is 24.4 Å². The molecule has 0 unspecified atom stereocenters. The zero-order valence-corrected chi connectivity index (χ0v) is 9.85. The molecule has 0 saturated carbocycles. The van der Waals surface area contributed by atoms with Crippen molar-refractivity contribution >= 4 is 5.95 Å². The standard InChI is InChI=1S/C11H20N4O/c1-2-9(12)10-13-11(14-16-10)15-7-5-3-4-6-8-15/h9H,2-8,12H2,1H3/t9-/m1/s1. The SMILES string of the molecule is CC[C@@H](N)c1nc(N2CCCCCC2)no1. The van der Waals surface area contributed by atoms with Gasteiger partial charge in [0.2, 0.25) is 5.89 Å². The third kappa shape index (κ3) is 2.52. The van der Waals surface area contributed by atoms with Crippen LogP contribution in [0.1, 0.15) is 51.0 Å². The highest BCUT2D eigenvalue weighted by molar-refractivity contribution is 5.27. The first-order chi connectivity index (χ1) is 7.81. The zero-order chi connectivity index (χ0) is 11.4. The monoisotopic (exact) mass is 224 g/mol. The minimum absolute atomic E-state index is 0.131. The van der Waals surface area contributed by atoms with Crippen LogP contribution in [0.15, 0.2) is 4.52 Å². The molecule has 0 aromatic carbocycles. The molecule has 2 heterocycles. The fourth-order valence-corrected chi connectivity index (χ4v) is 1.95. The molecule has 2 rings (SSSR count).